The summed E-state index contributed by atoms with van der Waals surface area (Å²) in [5, 5.41) is 11.4. The first-order chi connectivity index (χ1) is 14.0. The molecule has 4 rings (SSSR count). The van der Waals surface area contributed by atoms with E-state index in [1.807, 2.05) is 62.4 Å². The number of hydrogen-bond acceptors (Lipinski definition) is 5. The molecular weight excluding hydrogens is 370 g/mol. The molecule has 0 aliphatic heterocycles. The minimum absolute atomic E-state index is 0.174. The Balaban J connectivity index is 1.53. The lowest BCUT2D eigenvalue weighted by molar-refractivity contribution is -0.117. The maximum Gasteiger partial charge on any atom is 0.437 e. The first kappa shape index (κ1) is 18.4. The molecule has 2 aromatic carbocycles. The average molecular weight is 389 g/mol. The lowest BCUT2D eigenvalue weighted by Gasteiger charge is -2.06. The SMILES string of the molecule is Cc1nn(-c2ccccc2)c(C)c1NC(=O)Cn1nc(-c2ccccc2)oc1=O. The Morgan fingerprint density at radius 1 is 1.00 bits per heavy atom. The molecule has 0 bridgehead atoms. The van der Waals surface area contributed by atoms with Crippen LogP contribution in [0.1, 0.15) is 11.4 Å². The normalized spacial score (nSPS) is 10.8. The molecule has 0 saturated heterocycles. The lowest BCUT2D eigenvalue weighted by atomic mass is 10.2. The lowest BCUT2D eigenvalue weighted by Crippen LogP contribution is -2.26. The molecule has 8 nitrogen and oxygen atoms in total. The molecule has 29 heavy (non-hydrogen) atoms. The minimum atomic E-state index is -0.688. The van der Waals surface area contributed by atoms with Gasteiger partial charge in [-0.25, -0.2) is 9.48 Å². The van der Waals surface area contributed by atoms with Gasteiger partial charge in [-0.05, 0) is 38.1 Å². The predicted molar refractivity (Wildman–Crippen MR) is 108 cm³/mol. The van der Waals surface area contributed by atoms with E-state index in [-0.39, 0.29) is 18.3 Å². The van der Waals surface area contributed by atoms with Crippen LogP contribution in [0.3, 0.4) is 0 Å². The fourth-order valence-corrected chi connectivity index (χ4v) is 3.06. The summed E-state index contributed by atoms with van der Waals surface area (Å²) < 4.78 is 7.93. The number of aromatic nitrogens is 4. The van der Waals surface area contributed by atoms with Crippen LogP contribution in [0.15, 0.2) is 69.9 Å². The van der Waals surface area contributed by atoms with Gasteiger partial charge in [-0.2, -0.15) is 9.78 Å². The van der Waals surface area contributed by atoms with Gasteiger partial charge in [0.15, 0.2) is 0 Å². The maximum absolute atomic E-state index is 12.5. The zero-order chi connectivity index (χ0) is 20.4. The van der Waals surface area contributed by atoms with Gasteiger partial charge in [0, 0.05) is 5.56 Å². The summed E-state index contributed by atoms with van der Waals surface area (Å²) in [5.74, 6) is -0.904. The van der Waals surface area contributed by atoms with Crippen molar-refractivity contribution >= 4 is 11.6 Å². The fraction of sp³-hybridized carbons (Fsp3) is 0.143. The molecule has 0 aliphatic carbocycles. The Hall–Kier alpha value is -3.94. The number of nitrogens with one attached hydrogen (secondary N) is 1. The first-order valence-electron chi connectivity index (χ1n) is 9.08. The van der Waals surface area contributed by atoms with Gasteiger partial charge in [0.05, 0.1) is 22.8 Å². The highest BCUT2D eigenvalue weighted by atomic mass is 16.4. The van der Waals surface area contributed by atoms with Crippen molar-refractivity contribution in [3.8, 4) is 17.1 Å². The van der Waals surface area contributed by atoms with Gasteiger partial charge in [-0.1, -0.05) is 36.4 Å². The largest absolute Gasteiger partial charge is 0.437 e. The summed E-state index contributed by atoms with van der Waals surface area (Å²) in [6, 6.07) is 18.7. The third kappa shape index (κ3) is 3.73. The number of carbonyl (C=O) groups excluding carboxylic acids is 1. The number of hydrogen-bond donors (Lipinski definition) is 1. The number of aryl methyl sites for hydroxylation is 1. The van der Waals surface area contributed by atoms with Crippen LogP contribution in [0.4, 0.5) is 5.69 Å². The quantitative estimate of drug-likeness (QED) is 0.566. The Labute approximate surface area is 166 Å². The number of benzene rings is 2. The fourth-order valence-electron chi connectivity index (χ4n) is 3.06. The van der Waals surface area contributed by atoms with Crippen molar-refractivity contribution in [3.63, 3.8) is 0 Å². The third-order valence-electron chi connectivity index (χ3n) is 4.48. The van der Waals surface area contributed by atoms with E-state index in [0.717, 1.165) is 16.1 Å². The number of anilines is 1. The van der Waals surface area contributed by atoms with Crippen LogP contribution < -0.4 is 11.1 Å². The van der Waals surface area contributed by atoms with Crippen LogP contribution >= 0.6 is 0 Å². The molecule has 4 aromatic rings. The zero-order valence-electron chi connectivity index (χ0n) is 16.0. The number of para-hydroxylation sites is 1. The second-order valence-electron chi connectivity index (χ2n) is 6.54. The van der Waals surface area contributed by atoms with Crippen molar-refractivity contribution in [1.29, 1.82) is 0 Å². The molecule has 1 amide bonds. The Bertz CT molecular complexity index is 1210. The van der Waals surface area contributed by atoms with E-state index in [1.165, 1.54) is 0 Å². The highest BCUT2D eigenvalue weighted by Crippen LogP contribution is 2.22. The summed E-state index contributed by atoms with van der Waals surface area (Å²) in [4.78, 5) is 24.6. The van der Waals surface area contributed by atoms with E-state index in [9.17, 15) is 9.59 Å². The first-order valence-corrected chi connectivity index (χ1v) is 9.08. The Morgan fingerprint density at radius 2 is 1.66 bits per heavy atom. The number of rotatable bonds is 5. The van der Waals surface area contributed by atoms with Gasteiger partial charge in [-0.15, -0.1) is 5.10 Å². The van der Waals surface area contributed by atoms with Crippen LogP contribution in [0.25, 0.3) is 17.1 Å². The van der Waals surface area contributed by atoms with E-state index in [4.69, 9.17) is 4.42 Å². The summed E-state index contributed by atoms with van der Waals surface area (Å²) in [6.45, 7) is 3.43. The average Bonchev–Trinajstić information content (AvgIpc) is 3.23. The standard InChI is InChI=1S/C21H19N5O3/c1-14-19(15(2)26(23-14)17-11-7-4-8-12-17)22-18(27)13-25-21(28)29-20(24-25)16-9-5-3-6-10-16/h3-12H,13H2,1-2H3,(H,22,27). The van der Waals surface area contributed by atoms with E-state index in [2.05, 4.69) is 15.5 Å². The van der Waals surface area contributed by atoms with Crippen LogP contribution in [0.5, 0.6) is 0 Å². The Morgan fingerprint density at radius 3 is 2.34 bits per heavy atom. The maximum atomic E-state index is 12.5. The van der Waals surface area contributed by atoms with Gasteiger partial charge < -0.3 is 9.73 Å². The van der Waals surface area contributed by atoms with E-state index in [1.54, 1.807) is 16.8 Å². The van der Waals surface area contributed by atoms with Gasteiger partial charge in [0.2, 0.25) is 11.8 Å². The predicted octanol–water partition coefficient (Wildman–Crippen LogP) is 2.94. The molecule has 0 saturated carbocycles. The second-order valence-corrected chi connectivity index (χ2v) is 6.54. The van der Waals surface area contributed by atoms with Gasteiger partial charge in [0.1, 0.15) is 6.54 Å². The summed E-state index contributed by atoms with van der Waals surface area (Å²) in [6.07, 6.45) is 0. The van der Waals surface area contributed by atoms with Crippen molar-refractivity contribution in [3.05, 3.63) is 82.6 Å². The van der Waals surface area contributed by atoms with Crippen molar-refractivity contribution in [2.24, 2.45) is 0 Å². The monoisotopic (exact) mass is 389 g/mol. The number of carbonyl (C=O) groups is 1. The van der Waals surface area contributed by atoms with Crippen molar-refractivity contribution in [2.45, 2.75) is 20.4 Å². The molecule has 0 fully saturated rings. The van der Waals surface area contributed by atoms with E-state index in [0.29, 0.717) is 16.9 Å². The van der Waals surface area contributed by atoms with Crippen LogP contribution in [-0.2, 0) is 11.3 Å². The molecule has 0 radical (unpaired) electrons. The van der Waals surface area contributed by atoms with Crippen LogP contribution in [0, 0.1) is 13.8 Å². The van der Waals surface area contributed by atoms with Crippen LogP contribution in [0.2, 0.25) is 0 Å². The smallest absolute Gasteiger partial charge is 0.388 e. The van der Waals surface area contributed by atoms with Gasteiger partial charge >= 0.3 is 5.76 Å². The molecule has 2 aromatic heterocycles. The Kier molecular flexibility index (Phi) is 4.82. The summed E-state index contributed by atoms with van der Waals surface area (Å²) in [7, 11) is 0. The second kappa shape index (κ2) is 7.59. The summed E-state index contributed by atoms with van der Waals surface area (Å²) in [5.41, 5.74) is 3.64. The molecule has 0 aliphatic rings. The zero-order valence-corrected chi connectivity index (χ0v) is 16.0. The minimum Gasteiger partial charge on any atom is -0.388 e. The summed E-state index contributed by atoms with van der Waals surface area (Å²) >= 11 is 0. The van der Waals surface area contributed by atoms with Crippen molar-refractivity contribution in [1.82, 2.24) is 19.6 Å². The molecule has 8 heteroatoms. The third-order valence-corrected chi connectivity index (χ3v) is 4.48. The van der Waals surface area contributed by atoms with Crippen molar-refractivity contribution in [2.75, 3.05) is 5.32 Å². The van der Waals surface area contributed by atoms with Crippen LogP contribution in [-0.4, -0.2) is 25.5 Å². The number of amides is 1. The molecule has 0 spiro atoms. The highest BCUT2D eigenvalue weighted by Gasteiger charge is 2.17. The van der Waals surface area contributed by atoms with E-state index < -0.39 is 5.76 Å². The highest BCUT2D eigenvalue weighted by molar-refractivity contribution is 5.91. The van der Waals surface area contributed by atoms with Gasteiger partial charge in [0.25, 0.3) is 0 Å². The van der Waals surface area contributed by atoms with Crippen molar-refractivity contribution < 1.29 is 9.21 Å². The number of nitrogens with zero attached hydrogens (tertiary/aromatic N) is 4. The van der Waals surface area contributed by atoms with E-state index >= 15 is 0 Å². The molecular formula is C21H19N5O3. The molecule has 0 atom stereocenters. The molecule has 0 unspecified atom stereocenters. The molecule has 146 valence electrons. The van der Waals surface area contributed by atoms with Gasteiger partial charge in [-0.3, -0.25) is 4.79 Å². The molecule has 2 heterocycles. The molecule has 1 N–H and O–H groups in total. The topological polar surface area (TPSA) is 95.0 Å².